The van der Waals surface area contributed by atoms with Gasteiger partial charge < -0.3 is 14.8 Å². The first-order chi connectivity index (χ1) is 14.8. The molecule has 0 radical (unpaired) electrons. The third-order valence-corrected chi connectivity index (χ3v) is 4.81. The largest absolute Gasteiger partial charge is 0.489 e. The number of hydrogen-bond donors (Lipinski definition) is 1. The SMILES string of the molecule is Clc1ccc(OCc2ccccc2)c(CNc2ccc(Oc3ccccc3)cc2)c1. The van der Waals surface area contributed by atoms with Crippen LogP contribution < -0.4 is 14.8 Å². The molecule has 0 aliphatic rings. The van der Waals surface area contributed by atoms with Gasteiger partial charge in [0, 0.05) is 22.8 Å². The summed E-state index contributed by atoms with van der Waals surface area (Å²) < 4.78 is 11.9. The fourth-order valence-electron chi connectivity index (χ4n) is 3.03. The Bertz CT molecular complexity index is 1070. The number of halogens is 1. The first-order valence-electron chi connectivity index (χ1n) is 9.78. The van der Waals surface area contributed by atoms with Crippen LogP contribution in [-0.2, 0) is 13.2 Å². The highest BCUT2D eigenvalue weighted by Gasteiger charge is 2.06. The fourth-order valence-corrected chi connectivity index (χ4v) is 3.22. The van der Waals surface area contributed by atoms with Gasteiger partial charge in [-0.25, -0.2) is 0 Å². The zero-order valence-electron chi connectivity index (χ0n) is 16.4. The molecule has 4 rings (SSSR count). The molecule has 30 heavy (non-hydrogen) atoms. The summed E-state index contributed by atoms with van der Waals surface area (Å²) in [5.41, 5.74) is 3.12. The Balaban J connectivity index is 1.38. The maximum Gasteiger partial charge on any atom is 0.127 e. The van der Waals surface area contributed by atoms with Crippen LogP contribution in [-0.4, -0.2) is 0 Å². The number of para-hydroxylation sites is 1. The Morgan fingerprint density at radius 1 is 0.700 bits per heavy atom. The second kappa shape index (κ2) is 9.86. The molecule has 0 saturated carbocycles. The van der Waals surface area contributed by atoms with Crippen molar-refractivity contribution in [3.8, 4) is 17.2 Å². The van der Waals surface area contributed by atoms with Crippen molar-refractivity contribution in [1.29, 1.82) is 0 Å². The van der Waals surface area contributed by atoms with Crippen molar-refractivity contribution in [1.82, 2.24) is 0 Å². The van der Waals surface area contributed by atoms with E-state index in [2.05, 4.69) is 5.32 Å². The highest BCUT2D eigenvalue weighted by molar-refractivity contribution is 6.30. The Labute approximate surface area is 181 Å². The molecule has 0 heterocycles. The average Bonchev–Trinajstić information content (AvgIpc) is 2.79. The van der Waals surface area contributed by atoms with Crippen molar-refractivity contribution in [2.75, 3.05) is 5.32 Å². The van der Waals surface area contributed by atoms with Crippen molar-refractivity contribution < 1.29 is 9.47 Å². The first kappa shape index (κ1) is 19.9. The van der Waals surface area contributed by atoms with E-state index < -0.39 is 0 Å². The minimum atomic E-state index is 0.515. The smallest absolute Gasteiger partial charge is 0.127 e. The molecule has 0 unspecified atom stereocenters. The van der Waals surface area contributed by atoms with E-state index in [0.29, 0.717) is 18.2 Å². The summed E-state index contributed by atoms with van der Waals surface area (Å²) in [6.45, 7) is 1.12. The van der Waals surface area contributed by atoms with Crippen LogP contribution in [0.25, 0.3) is 0 Å². The lowest BCUT2D eigenvalue weighted by Gasteiger charge is -2.14. The number of nitrogens with one attached hydrogen (secondary N) is 1. The van der Waals surface area contributed by atoms with Gasteiger partial charge in [0.2, 0.25) is 0 Å². The number of rotatable bonds is 8. The third-order valence-electron chi connectivity index (χ3n) is 4.58. The van der Waals surface area contributed by atoms with Gasteiger partial charge in [-0.3, -0.25) is 0 Å². The van der Waals surface area contributed by atoms with Crippen molar-refractivity contribution in [3.63, 3.8) is 0 Å². The molecule has 0 aliphatic heterocycles. The standard InChI is InChI=1S/C26H22ClNO2/c27-22-11-16-26(29-19-20-7-3-1-4-8-20)21(17-22)18-28-23-12-14-25(15-13-23)30-24-9-5-2-6-10-24/h1-17,28H,18-19H2. The van der Waals surface area contributed by atoms with E-state index in [1.165, 1.54) is 0 Å². The minimum Gasteiger partial charge on any atom is -0.489 e. The minimum absolute atomic E-state index is 0.515. The van der Waals surface area contributed by atoms with Crippen LogP contribution in [0.5, 0.6) is 17.2 Å². The van der Waals surface area contributed by atoms with Gasteiger partial charge in [-0.05, 0) is 60.2 Å². The molecule has 150 valence electrons. The summed E-state index contributed by atoms with van der Waals surface area (Å²) in [7, 11) is 0. The van der Waals surface area contributed by atoms with Gasteiger partial charge in [0.25, 0.3) is 0 Å². The highest BCUT2D eigenvalue weighted by atomic mass is 35.5. The van der Waals surface area contributed by atoms with Gasteiger partial charge in [-0.1, -0.05) is 60.1 Å². The van der Waals surface area contributed by atoms with Crippen LogP contribution in [0.3, 0.4) is 0 Å². The monoisotopic (exact) mass is 415 g/mol. The fraction of sp³-hybridized carbons (Fsp3) is 0.0769. The molecular formula is C26H22ClNO2. The van der Waals surface area contributed by atoms with E-state index in [-0.39, 0.29) is 0 Å². The van der Waals surface area contributed by atoms with Crippen LogP contribution in [0.1, 0.15) is 11.1 Å². The van der Waals surface area contributed by atoms with Crippen molar-refractivity contribution in [3.05, 3.63) is 119 Å². The molecule has 4 heteroatoms. The van der Waals surface area contributed by atoms with Gasteiger partial charge in [-0.2, -0.15) is 0 Å². The lowest BCUT2D eigenvalue weighted by molar-refractivity contribution is 0.303. The van der Waals surface area contributed by atoms with Crippen LogP contribution in [0.2, 0.25) is 5.02 Å². The van der Waals surface area contributed by atoms with Gasteiger partial charge >= 0.3 is 0 Å². The highest BCUT2D eigenvalue weighted by Crippen LogP contribution is 2.26. The van der Waals surface area contributed by atoms with Crippen LogP contribution in [0.15, 0.2) is 103 Å². The van der Waals surface area contributed by atoms with Gasteiger partial charge in [-0.15, -0.1) is 0 Å². The maximum atomic E-state index is 6.21. The summed E-state index contributed by atoms with van der Waals surface area (Å²) >= 11 is 6.21. The summed E-state index contributed by atoms with van der Waals surface area (Å²) in [6, 6.07) is 33.4. The molecule has 1 N–H and O–H groups in total. The van der Waals surface area contributed by atoms with Gasteiger partial charge in [0.1, 0.15) is 23.9 Å². The van der Waals surface area contributed by atoms with Crippen molar-refractivity contribution in [2.24, 2.45) is 0 Å². The first-order valence-corrected chi connectivity index (χ1v) is 10.2. The normalized spacial score (nSPS) is 10.4. The average molecular weight is 416 g/mol. The lowest BCUT2D eigenvalue weighted by Crippen LogP contribution is -2.04. The molecule has 0 aromatic heterocycles. The molecule has 4 aromatic rings. The number of ether oxygens (including phenoxy) is 2. The topological polar surface area (TPSA) is 30.5 Å². The Morgan fingerprint density at radius 3 is 2.10 bits per heavy atom. The molecule has 3 nitrogen and oxygen atoms in total. The number of hydrogen-bond acceptors (Lipinski definition) is 3. The predicted molar refractivity (Wildman–Crippen MR) is 123 cm³/mol. The van der Waals surface area contributed by atoms with Crippen molar-refractivity contribution >= 4 is 17.3 Å². The molecule has 0 amide bonds. The molecule has 0 atom stereocenters. The maximum absolute atomic E-state index is 6.21. The van der Waals surface area contributed by atoms with Crippen molar-refractivity contribution in [2.45, 2.75) is 13.2 Å². The number of anilines is 1. The third kappa shape index (κ3) is 5.56. The summed E-state index contributed by atoms with van der Waals surface area (Å²) in [4.78, 5) is 0. The zero-order valence-corrected chi connectivity index (χ0v) is 17.2. The van der Waals surface area contributed by atoms with E-state index in [4.69, 9.17) is 21.1 Å². The van der Waals surface area contributed by atoms with E-state index in [9.17, 15) is 0 Å². The molecule has 0 fully saturated rings. The summed E-state index contributed by atoms with van der Waals surface area (Å²) in [5, 5.41) is 4.11. The quantitative estimate of drug-likeness (QED) is 0.327. The lowest BCUT2D eigenvalue weighted by atomic mass is 10.2. The predicted octanol–water partition coefficient (Wildman–Crippen LogP) is 7.32. The van der Waals surface area contributed by atoms with Crippen LogP contribution in [0.4, 0.5) is 5.69 Å². The zero-order chi connectivity index (χ0) is 20.6. The number of benzene rings is 4. The summed E-state index contributed by atoms with van der Waals surface area (Å²) in [5.74, 6) is 2.43. The molecule has 0 spiro atoms. The second-order valence-corrected chi connectivity index (χ2v) is 7.26. The van der Waals surface area contributed by atoms with E-state index in [0.717, 1.165) is 34.1 Å². The summed E-state index contributed by atoms with van der Waals surface area (Å²) in [6.07, 6.45) is 0. The van der Waals surface area contributed by atoms with E-state index in [1.54, 1.807) is 0 Å². The van der Waals surface area contributed by atoms with E-state index >= 15 is 0 Å². The van der Waals surface area contributed by atoms with Gasteiger partial charge in [0.15, 0.2) is 0 Å². The molecule has 4 aromatic carbocycles. The molecule has 0 saturated heterocycles. The Kier molecular flexibility index (Phi) is 6.53. The molecule has 0 bridgehead atoms. The van der Waals surface area contributed by atoms with Gasteiger partial charge in [0.05, 0.1) is 0 Å². The van der Waals surface area contributed by atoms with E-state index in [1.807, 2.05) is 103 Å². The molecule has 0 aliphatic carbocycles. The van der Waals surface area contributed by atoms with Crippen LogP contribution >= 0.6 is 11.6 Å². The second-order valence-electron chi connectivity index (χ2n) is 6.82. The van der Waals surface area contributed by atoms with Crippen LogP contribution in [0, 0.1) is 0 Å². The Hall–Kier alpha value is -3.43. The molecular weight excluding hydrogens is 394 g/mol. The Morgan fingerprint density at radius 2 is 1.37 bits per heavy atom.